The number of pyridine rings is 1. The van der Waals surface area contributed by atoms with Crippen LogP contribution in [0, 0.1) is 11.3 Å². The first-order valence-electron chi connectivity index (χ1n) is 4.03. The monoisotopic (exact) mass is 282 g/mol. The number of nitrogens with two attached hydrogens (primary N) is 2. The van der Waals surface area contributed by atoms with Gasteiger partial charge in [0, 0.05) is 0 Å². The Morgan fingerprint density at radius 3 is 2.39 bits per heavy atom. The Kier molecular flexibility index (Phi) is 3.36. The van der Waals surface area contributed by atoms with Crippen molar-refractivity contribution in [2.24, 2.45) is 5.14 Å². The first-order chi connectivity index (χ1) is 8.06. The maximum atomic E-state index is 12.0. The predicted octanol–water partition coefficient (Wildman–Crippen LogP) is 0.0815. The predicted molar refractivity (Wildman–Crippen MR) is 51.4 cm³/mol. The largest absolute Gasteiger partial charge is 0.573 e. The summed E-state index contributed by atoms with van der Waals surface area (Å²) < 4.78 is 61.8. The van der Waals surface area contributed by atoms with Gasteiger partial charge in [0.1, 0.15) is 6.07 Å². The molecule has 0 amide bonds. The van der Waals surface area contributed by atoms with Crippen LogP contribution in [0.3, 0.4) is 0 Å². The molecule has 0 aliphatic rings. The molecule has 0 saturated carbocycles. The zero-order valence-electron chi connectivity index (χ0n) is 8.39. The zero-order chi connectivity index (χ0) is 14.1. The number of halogens is 3. The van der Waals surface area contributed by atoms with Gasteiger partial charge in [-0.15, -0.1) is 13.2 Å². The maximum Gasteiger partial charge on any atom is 0.573 e. The van der Waals surface area contributed by atoms with Crippen LogP contribution < -0.4 is 15.6 Å². The van der Waals surface area contributed by atoms with E-state index in [1.807, 2.05) is 0 Å². The third kappa shape index (κ3) is 2.99. The highest BCUT2D eigenvalue weighted by Crippen LogP contribution is 2.33. The third-order valence-corrected chi connectivity index (χ3v) is 2.64. The average Bonchev–Trinajstić information content (AvgIpc) is 2.13. The first-order valence-corrected chi connectivity index (χ1v) is 5.58. The molecule has 0 radical (unpaired) electrons. The first kappa shape index (κ1) is 14.0. The lowest BCUT2D eigenvalue weighted by Crippen LogP contribution is -2.22. The summed E-state index contributed by atoms with van der Waals surface area (Å²) in [6.45, 7) is 0. The molecule has 0 unspecified atom stereocenters. The number of sulfonamides is 1. The van der Waals surface area contributed by atoms with Crippen LogP contribution in [0.1, 0.15) is 5.69 Å². The molecular formula is C7H5F3N4O3S. The van der Waals surface area contributed by atoms with Gasteiger partial charge < -0.3 is 10.5 Å². The van der Waals surface area contributed by atoms with Gasteiger partial charge in [0.25, 0.3) is 0 Å². The number of anilines is 1. The van der Waals surface area contributed by atoms with Gasteiger partial charge in [0.2, 0.25) is 10.0 Å². The fourth-order valence-electron chi connectivity index (χ4n) is 1.07. The van der Waals surface area contributed by atoms with Crippen LogP contribution in [0.15, 0.2) is 11.1 Å². The van der Waals surface area contributed by atoms with Crippen molar-refractivity contribution < 1.29 is 26.3 Å². The number of aromatic nitrogens is 1. The Labute approximate surface area is 98.8 Å². The van der Waals surface area contributed by atoms with Gasteiger partial charge >= 0.3 is 6.36 Å². The van der Waals surface area contributed by atoms with E-state index in [0.717, 1.165) is 0 Å². The Morgan fingerprint density at radius 2 is 2.00 bits per heavy atom. The maximum absolute atomic E-state index is 12.0. The third-order valence-electron chi connectivity index (χ3n) is 1.65. The molecule has 98 valence electrons. The van der Waals surface area contributed by atoms with Gasteiger partial charge in [0.05, 0.1) is 11.9 Å². The van der Waals surface area contributed by atoms with E-state index in [1.54, 1.807) is 0 Å². The number of hydrogen-bond donors (Lipinski definition) is 2. The number of nitrogen functional groups attached to an aromatic ring is 1. The fourth-order valence-corrected chi connectivity index (χ4v) is 1.85. The molecule has 0 atom stereocenters. The molecule has 0 bridgehead atoms. The van der Waals surface area contributed by atoms with E-state index in [1.165, 1.54) is 6.07 Å². The molecule has 7 nitrogen and oxygen atoms in total. The van der Waals surface area contributed by atoms with Crippen molar-refractivity contribution in [1.29, 1.82) is 5.26 Å². The summed E-state index contributed by atoms with van der Waals surface area (Å²) in [6.07, 6.45) is -4.75. The summed E-state index contributed by atoms with van der Waals surface area (Å²) in [5.74, 6) is -1.19. The minimum absolute atomic E-state index is 0.405. The number of ether oxygens (including phenoxy) is 1. The van der Waals surface area contributed by atoms with Crippen LogP contribution >= 0.6 is 0 Å². The Bertz CT molecular complexity index is 620. The second-order valence-corrected chi connectivity index (χ2v) is 4.42. The normalized spacial score (nSPS) is 11.9. The van der Waals surface area contributed by atoms with Gasteiger partial charge in [-0.3, -0.25) is 0 Å². The summed E-state index contributed by atoms with van der Waals surface area (Å²) in [7, 11) is -4.61. The summed E-state index contributed by atoms with van der Waals surface area (Å²) in [5, 5.41) is 13.2. The topological polar surface area (TPSA) is 132 Å². The molecule has 0 saturated heterocycles. The highest BCUT2D eigenvalue weighted by atomic mass is 32.2. The second-order valence-electron chi connectivity index (χ2n) is 2.92. The van der Waals surface area contributed by atoms with E-state index in [2.05, 4.69) is 9.72 Å². The van der Waals surface area contributed by atoms with E-state index in [-0.39, 0.29) is 0 Å². The summed E-state index contributed by atoms with van der Waals surface area (Å²) in [6, 6.07) is 1.40. The second kappa shape index (κ2) is 4.31. The molecule has 0 spiro atoms. The van der Waals surface area contributed by atoms with Crippen LogP contribution in [-0.2, 0) is 10.0 Å². The molecular weight excluding hydrogens is 277 g/mol. The lowest BCUT2D eigenvalue weighted by Gasteiger charge is -2.13. The molecule has 11 heteroatoms. The Morgan fingerprint density at radius 1 is 1.44 bits per heavy atom. The lowest BCUT2D eigenvalue weighted by molar-refractivity contribution is -0.275. The van der Waals surface area contributed by atoms with Crippen molar-refractivity contribution >= 4 is 15.7 Å². The summed E-state index contributed by atoms with van der Waals surface area (Å²) >= 11 is 0. The van der Waals surface area contributed by atoms with E-state index in [4.69, 9.17) is 16.1 Å². The highest BCUT2D eigenvalue weighted by molar-refractivity contribution is 7.89. The van der Waals surface area contributed by atoms with E-state index in [9.17, 15) is 21.6 Å². The molecule has 1 aromatic heterocycles. The average molecular weight is 282 g/mol. The number of nitrogens with zero attached hydrogens (tertiary/aromatic N) is 2. The Hall–Kier alpha value is -2.06. The summed E-state index contributed by atoms with van der Waals surface area (Å²) in [5.41, 5.74) is 3.83. The van der Waals surface area contributed by atoms with Crippen molar-refractivity contribution in [3.8, 4) is 11.8 Å². The quantitative estimate of drug-likeness (QED) is 0.789. The number of hydrogen-bond acceptors (Lipinski definition) is 6. The molecule has 0 aliphatic heterocycles. The van der Waals surface area contributed by atoms with E-state index >= 15 is 0 Å². The number of nitriles is 1. The molecule has 18 heavy (non-hydrogen) atoms. The summed E-state index contributed by atoms with van der Waals surface area (Å²) in [4.78, 5) is 2.09. The van der Waals surface area contributed by atoms with Crippen LogP contribution in [0.5, 0.6) is 5.75 Å². The van der Waals surface area contributed by atoms with Gasteiger partial charge in [-0.2, -0.15) is 5.26 Å². The van der Waals surface area contributed by atoms with Crippen molar-refractivity contribution in [3.05, 3.63) is 11.9 Å². The van der Waals surface area contributed by atoms with Gasteiger partial charge in [0.15, 0.2) is 16.3 Å². The molecule has 0 aromatic carbocycles. The smallest absolute Gasteiger partial charge is 0.403 e. The van der Waals surface area contributed by atoms with Gasteiger partial charge in [-0.25, -0.2) is 18.5 Å². The van der Waals surface area contributed by atoms with E-state index < -0.39 is 38.4 Å². The fraction of sp³-hybridized carbons (Fsp3) is 0.143. The van der Waals surface area contributed by atoms with Gasteiger partial charge in [-0.1, -0.05) is 0 Å². The molecule has 1 aromatic rings. The van der Waals surface area contributed by atoms with Crippen molar-refractivity contribution in [3.63, 3.8) is 0 Å². The highest BCUT2D eigenvalue weighted by Gasteiger charge is 2.35. The van der Waals surface area contributed by atoms with Gasteiger partial charge in [-0.05, 0) is 0 Å². The standard InChI is InChI=1S/C7H5F3N4O3S/c8-7(9,10)17-4-2-14-3(1-11)5(12)6(4)18(13,15)16/h2H,12H2,(H2,13,15,16). The van der Waals surface area contributed by atoms with Crippen LogP contribution in [0.4, 0.5) is 18.9 Å². The Balaban J connectivity index is 3.56. The van der Waals surface area contributed by atoms with Crippen molar-refractivity contribution in [1.82, 2.24) is 4.98 Å². The minimum Gasteiger partial charge on any atom is -0.403 e. The minimum atomic E-state index is -5.15. The van der Waals surface area contributed by atoms with Crippen molar-refractivity contribution in [2.45, 2.75) is 11.3 Å². The number of rotatable bonds is 2. The zero-order valence-corrected chi connectivity index (χ0v) is 9.21. The molecule has 0 fully saturated rings. The number of primary sulfonamides is 1. The lowest BCUT2D eigenvalue weighted by atomic mass is 10.3. The molecule has 1 heterocycles. The van der Waals surface area contributed by atoms with Crippen LogP contribution in [-0.4, -0.2) is 19.8 Å². The van der Waals surface area contributed by atoms with E-state index in [0.29, 0.717) is 6.20 Å². The molecule has 1 rings (SSSR count). The van der Waals surface area contributed by atoms with Crippen molar-refractivity contribution in [2.75, 3.05) is 5.73 Å². The van der Waals surface area contributed by atoms with Crippen LogP contribution in [0.25, 0.3) is 0 Å². The molecule has 0 aliphatic carbocycles. The number of alkyl halides is 3. The molecule has 4 N–H and O–H groups in total. The van der Waals surface area contributed by atoms with Crippen LogP contribution in [0.2, 0.25) is 0 Å². The SMILES string of the molecule is N#Cc1ncc(OC(F)(F)F)c(S(N)(=O)=O)c1N.